The minimum atomic E-state index is -0.187. The van der Waals surface area contributed by atoms with Gasteiger partial charge in [-0.1, -0.05) is 48.5 Å². The molecule has 0 radical (unpaired) electrons. The first-order valence-corrected chi connectivity index (χ1v) is 7.84. The predicted molar refractivity (Wildman–Crippen MR) is 88.0 cm³/mol. The summed E-state index contributed by atoms with van der Waals surface area (Å²) in [7, 11) is 0. The summed E-state index contributed by atoms with van der Waals surface area (Å²) in [6.07, 6.45) is 0. The molecule has 0 fully saturated rings. The van der Waals surface area contributed by atoms with Crippen molar-refractivity contribution in [2.24, 2.45) is 5.73 Å². The molecule has 21 heavy (non-hydrogen) atoms. The van der Waals surface area contributed by atoms with E-state index in [4.69, 9.17) is 5.73 Å². The second kappa shape index (κ2) is 6.29. The zero-order valence-corrected chi connectivity index (χ0v) is 12.3. The summed E-state index contributed by atoms with van der Waals surface area (Å²) in [6.45, 7) is 0. The van der Waals surface area contributed by atoms with E-state index < -0.39 is 0 Å². The molecule has 2 N–H and O–H groups in total. The van der Waals surface area contributed by atoms with Crippen molar-refractivity contribution >= 4 is 22.5 Å². The van der Waals surface area contributed by atoms with Crippen molar-refractivity contribution < 1.29 is 4.39 Å². The van der Waals surface area contributed by atoms with Gasteiger partial charge in [-0.25, -0.2) is 4.39 Å². The lowest BCUT2D eigenvalue weighted by molar-refractivity contribution is 0.602. The molecule has 1 unspecified atom stereocenters. The molecule has 0 saturated carbocycles. The third kappa shape index (κ3) is 3.26. The molecule has 1 atom stereocenters. The van der Waals surface area contributed by atoms with Crippen molar-refractivity contribution in [3.05, 3.63) is 78.1 Å². The Morgan fingerprint density at radius 1 is 0.905 bits per heavy atom. The Kier molecular flexibility index (Phi) is 4.23. The van der Waals surface area contributed by atoms with Crippen LogP contribution in [0.1, 0.15) is 11.6 Å². The van der Waals surface area contributed by atoms with E-state index in [1.54, 1.807) is 12.1 Å². The van der Waals surface area contributed by atoms with Crippen LogP contribution >= 0.6 is 11.8 Å². The molecule has 3 rings (SSSR count). The van der Waals surface area contributed by atoms with Crippen molar-refractivity contribution in [2.75, 3.05) is 5.75 Å². The number of fused-ring (bicyclic) bond motifs is 1. The van der Waals surface area contributed by atoms with Crippen LogP contribution in [0.2, 0.25) is 0 Å². The standard InChI is InChI=1S/C18H16FNS/c19-16-7-3-4-8-18(16)21-12-17(20)15-10-9-13-5-1-2-6-14(13)11-15/h1-11,17H,12,20H2. The summed E-state index contributed by atoms with van der Waals surface area (Å²) >= 11 is 1.46. The Morgan fingerprint density at radius 2 is 1.62 bits per heavy atom. The Hall–Kier alpha value is -1.84. The van der Waals surface area contributed by atoms with Gasteiger partial charge in [-0.2, -0.15) is 0 Å². The average molecular weight is 297 g/mol. The van der Waals surface area contributed by atoms with Gasteiger partial charge in [0.1, 0.15) is 5.82 Å². The van der Waals surface area contributed by atoms with Crippen LogP contribution in [0.25, 0.3) is 10.8 Å². The van der Waals surface area contributed by atoms with Crippen LogP contribution in [0, 0.1) is 5.82 Å². The van der Waals surface area contributed by atoms with Crippen molar-refractivity contribution in [3.63, 3.8) is 0 Å². The molecule has 106 valence electrons. The minimum absolute atomic E-state index is 0.112. The topological polar surface area (TPSA) is 26.0 Å². The average Bonchev–Trinajstić information content (AvgIpc) is 2.53. The van der Waals surface area contributed by atoms with Crippen molar-refractivity contribution in [3.8, 4) is 0 Å². The molecule has 0 aromatic heterocycles. The second-order valence-electron chi connectivity index (χ2n) is 4.95. The van der Waals surface area contributed by atoms with Gasteiger partial charge in [0.05, 0.1) is 0 Å². The van der Waals surface area contributed by atoms with Crippen LogP contribution < -0.4 is 5.73 Å². The highest BCUT2D eigenvalue weighted by atomic mass is 32.2. The molecule has 0 spiro atoms. The van der Waals surface area contributed by atoms with Gasteiger partial charge in [-0.15, -0.1) is 11.8 Å². The second-order valence-corrected chi connectivity index (χ2v) is 6.02. The number of hydrogen-bond acceptors (Lipinski definition) is 2. The lowest BCUT2D eigenvalue weighted by Crippen LogP contribution is -2.12. The highest BCUT2D eigenvalue weighted by molar-refractivity contribution is 7.99. The number of nitrogens with two attached hydrogens (primary N) is 1. The molecule has 0 aliphatic carbocycles. The fourth-order valence-corrected chi connectivity index (χ4v) is 3.21. The Balaban J connectivity index is 1.75. The maximum absolute atomic E-state index is 13.6. The lowest BCUT2D eigenvalue weighted by Gasteiger charge is -2.13. The summed E-state index contributed by atoms with van der Waals surface area (Å²) in [4.78, 5) is 0.647. The van der Waals surface area contributed by atoms with E-state index in [9.17, 15) is 4.39 Å². The molecule has 3 aromatic rings. The van der Waals surface area contributed by atoms with Gasteiger partial charge >= 0.3 is 0 Å². The summed E-state index contributed by atoms with van der Waals surface area (Å²) in [6, 6.07) is 21.1. The number of rotatable bonds is 4. The highest BCUT2D eigenvalue weighted by Crippen LogP contribution is 2.27. The van der Waals surface area contributed by atoms with Crippen LogP contribution in [0.5, 0.6) is 0 Å². The first kappa shape index (κ1) is 14.1. The van der Waals surface area contributed by atoms with Crippen LogP contribution in [0.3, 0.4) is 0 Å². The van der Waals surface area contributed by atoms with Crippen molar-refractivity contribution in [1.82, 2.24) is 0 Å². The van der Waals surface area contributed by atoms with E-state index in [-0.39, 0.29) is 11.9 Å². The molecular weight excluding hydrogens is 281 g/mol. The predicted octanol–water partition coefficient (Wildman–Crippen LogP) is 4.77. The van der Waals surface area contributed by atoms with E-state index in [0.717, 1.165) is 5.56 Å². The fraction of sp³-hybridized carbons (Fsp3) is 0.111. The maximum Gasteiger partial charge on any atom is 0.136 e. The molecule has 3 heteroatoms. The molecule has 0 heterocycles. The molecule has 1 nitrogen and oxygen atoms in total. The third-order valence-corrected chi connectivity index (χ3v) is 4.62. The summed E-state index contributed by atoms with van der Waals surface area (Å²) in [5, 5.41) is 2.39. The van der Waals surface area contributed by atoms with Crippen LogP contribution in [-0.2, 0) is 0 Å². The minimum Gasteiger partial charge on any atom is -0.323 e. The first-order chi connectivity index (χ1) is 10.2. The summed E-state index contributed by atoms with van der Waals surface area (Å²) in [5.74, 6) is 0.465. The molecular formula is C18H16FNS. The number of halogens is 1. The van der Waals surface area contributed by atoms with Gasteiger partial charge in [0.25, 0.3) is 0 Å². The van der Waals surface area contributed by atoms with Gasteiger partial charge in [0.15, 0.2) is 0 Å². The molecule has 0 saturated heterocycles. The number of thioether (sulfide) groups is 1. The molecule has 0 amide bonds. The van der Waals surface area contributed by atoms with Crippen LogP contribution in [0.15, 0.2) is 71.6 Å². The first-order valence-electron chi connectivity index (χ1n) is 6.85. The van der Waals surface area contributed by atoms with E-state index in [2.05, 4.69) is 30.3 Å². The largest absolute Gasteiger partial charge is 0.323 e. The van der Waals surface area contributed by atoms with Gasteiger partial charge in [-0.05, 0) is 34.5 Å². The normalized spacial score (nSPS) is 12.5. The Bertz CT molecular complexity index is 757. The summed E-state index contributed by atoms with van der Waals surface area (Å²) in [5.41, 5.74) is 7.32. The number of hydrogen-bond donors (Lipinski definition) is 1. The monoisotopic (exact) mass is 297 g/mol. The molecule has 3 aromatic carbocycles. The highest BCUT2D eigenvalue weighted by Gasteiger charge is 2.09. The Labute approximate surface area is 128 Å². The zero-order valence-electron chi connectivity index (χ0n) is 11.5. The third-order valence-electron chi connectivity index (χ3n) is 3.46. The zero-order chi connectivity index (χ0) is 14.7. The number of benzene rings is 3. The van der Waals surface area contributed by atoms with E-state index in [1.165, 1.54) is 28.6 Å². The van der Waals surface area contributed by atoms with Gasteiger partial charge in [0, 0.05) is 16.7 Å². The molecule has 0 aliphatic heterocycles. The summed E-state index contributed by atoms with van der Waals surface area (Å²) < 4.78 is 13.6. The maximum atomic E-state index is 13.6. The van der Waals surface area contributed by atoms with Crippen LogP contribution in [-0.4, -0.2) is 5.75 Å². The SMILES string of the molecule is NC(CSc1ccccc1F)c1ccc2ccccc2c1. The molecule has 0 aliphatic rings. The van der Waals surface area contributed by atoms with E-state index in [1.807, 2.05) is 18.2 Å². The lowest BCUT2D eigenvalue weighted by atomic mass is 10.0. The van der Waals surface area contributed by atoms with Gasteiger partial charge < -0.3 is 5.73 Å². The fourth-order valence-electron chi connectivity index (χ4n) is 2.28. The Morgan fingerprint density at radius 3 is 2.43 bits per heavy atom. The molecule has 0 bridgehead atoms. The quantitative estimate of drug-likeness (QED) is 0.702. The van der Waals surface area contributed by atoms with Crippen molar-refractivity contribution in [2.45, 2.75) is 10.9 Å². The van der Waals surface area contributed by atoms with Crippen LogP contribution in [0.4, 0.5) is 4.39 Å². The van der Waals surface area contributed by atoms with E-state index in [0.29, 0.717) is 10.6 Å². The van der Waals surface area contributed by atoms with Gasteiger partial charge in [0.2, 0.25) is 0 Å². The smallest absolute Gasteiger partial charge is 0.136 e. The van der Waals surface area contributed by atoms with E-state index >= 15 is 0 Å². The van der Waals surface area contributed by atoms with Gasteiger partial charge in [-0.3, -0.25) is 0 Å². The van der Waals surface area contributed by atoms with Crippen molar-refractivity contribution in [1.29, 1.82) is 0 Å².